The largest absolute Gasteiger partial charge is 0.495 e. The van der Waals surface area contributed by atoms with Gasteiger partial charge in [0.1, 0.15) is 5.75 Å². The third-order valence-electron chi connectivity index (χ3n) is 24.3. The fourth-order valence-electron chi connectivity index (χ4n) is 15.9. The fourth-order valence-corrected chi connectivity index (χ4v) is 16.5. The van der Waals surface area contributed by atoms with Gasteiger partial charge in [-0.25, -0.2) is 0 Å². The smallest absolute Gasteiger partial charge is 0.270 e. The number of unbranched alkanes of at least 4 members (excludes halogenated alkanes) is 1. The molecule has 0 aromatic heterocycles. The summed E-state index contributed by atoms with van der Waals surface area (Å²) in [6.07, 6.45) is 7.51. The molecule has 28 N–H and O–H groups in total. The standard InChI is InChI=1S/C29H43N5O3.C28H41N5O3.C26H36ClN5O4.C25H33ClN6O5/c1-2-3-7-23-10-12-24(13-11-23)20-27(35)26(15-14-22-8-5-4-6-9-22)33-29(37)25(32)21-28(36)34(18-16-30)19-17-31;1-3-22-11-7-8-20(2)23(22)18-26(34)25(13-12-21-9-5-4-6-10-21)32-28(36)24(31)19-27(35)33(16-14-29)17-15-30;1-36-24-10-8-19(15-20(24)27)16-23(33)22(9-7-18-5-3-2-4-6-18)31-26(35)21(30)17-25(34)32(13-11-28)14-12-29;26-20-15-19(32(36)37)8-7-18(20)14-23(33)22(9-6-17-4-2-1-3-5-17)30-25(35)21(29)16-24(34)31(12-10-27)13-11-28/h4-6,8-13,25-26H,2-3,7,14-21,30-32H2,1H3,(H,33,37);4-11,24-25H,3,12-19,29-31H2,1-2H3,(H,32,36);2-6,8,10,15,21-22H,7,9,11-14,16-17,28-30H2,1H3,(H,31,35);1-5,7-8,15,21-22H,6,9-14,16,27-29H2,(H,30,35)/t25-,26-;24-,25-;2*21-,22-/m0000/s1. The number of methoxy groups -OCH3 is 1. The number of nitro benzene ring substituents is 1. The van der Waals surface area contributed by atoms with E-state index >= 15 is 0 Å². The molecule has 0 fully saturated rings. The second-order valence-electron chi connectivity index (χ2n) is 35.5. The normalized spacial score (nSPS) is 12.5. The van der Waals surface area contributed by atoms with Crippen molar-refractivity contribution < 1.29 is 67.2 Å². The number of non-ortho nitro benzene ring substituents is 1. The van der Waals surface area contributed by atoms with E-state index in [0.29, 0.717) is 145 Å². The highest BCUT2D eigenvalue weighted by Gasteiger charge is 2.33. The summed E-state index contributed by atoms with van der Waals surface area (Å²) in [5, 5.41) is 22.6. The Kier molecular flexibility index (Phi) is 59.1. The molecule has 0 heterocycles. The first-order valence-corrected chi connectivity index (χ1v) is 50.5. The quantitative estimate of drug-likeness (QED) is 0.0177. The van der Waals surface area contributed by atoms with E-state index in [1.54, 1.807) is 18.2 Å². The van der Waals surface area contributed by atoms with Crippen molar-refractivity contribution in [2.24, 2.45) is 68.8 Å². The van der Waals surface area contributed by atoms with E-state index in [1.807, 2.05) is 159 Å². The SMILES string of the molecule is CCCCc1ccc(CC(=O)[C@H](CCc2ccccc2)NC(=O)[C@@H](N)CC(=O)N(CCN)CCN)cc1.CCc1cccc(C)c1CC(=O)[C@H](CCc1ccccc1)NC(=O)[C@@H](N)CC(=O)N(CCN)CCN.COc1ccc(CC(=O)[C@H](CCc2ccccc2)NC(=O)[C@@H](N)CC(=O)N(CCN)CCN)cc1Cl.NCCN(CCN)C(=O)C[C@H](N)C(=O)N[C@@H](CCc1ccccc1)C(=O)Cc1ccc([N+](=O)[O-])cc1Cl. The van der Waals surface area contributed by atoms with Crippen LogP contribution in [0.25, 0.3) is 0 Å². The molecule has 36 nitrogen and oxygen atoms in total. The summed E-state index contributed by atoms with van der Waals surface area (Å²) in [7, 11) is 1.51. The Labute approximate surface area is 867 Å². The Morgan fingerprint density at radius 2 is 0.651 bits per heavy atom. The summed E-state index contributed by atoms with van der Waals surface area (Å²) in [6.45, 7) is 11.1. The molecule has 8 aromatic carbocycles. The van der Waals surface area contributed by atoms with Gasteiger partial charge in [0.15, 0.2) is 23.1 Å². The summed E-state index contributed by atoms with van der Waals surface area (Å²) >= 11 is 12.4. The molecule has 8 rings (SSSR count). The lowest BCUT2D eigenvalue weighted by Gasteiger charge is -2.24. The van der Waals surface area contributed by atoms with Crippen LogP contribution in [0.5, 0.6) is 5.75 Å². The van der Waals surface area contributed by atoms with Crippen molar-refractivity contribution in [3.63, 3.8) is 0 Å². The molecular formula is C108H153Cl2N21O15. The molecule has 0 aliphatic carbocycles. The summed E-state index contributed by atoms with van der Waals surface area (Å²) in [6, 6.07) is 54.2. The van der Waals surface area contributed by atoms with Gasteiger partial charge in [0.05, 0.1) is 96.1 Å². The van der Waals surface area contributed by atoms with Crippen LogP contribution in [0, 0.1) is 17.0 Å². The fraction of sp³-hybridized carbons (Fsp3) is 0.444. The number of nitro groups is 1. The monoisotopic (exact) mass is 2050 g/mol. The molecule has 146 heavy (non-hydrogen) atoms. The van der Waals surface area contributed by atoms with Crippen molar-refractivity contribution >= 4 is 99.3 Å². The zero-order valence-corrected chi connectivity index (χ0v) is 86.2. The maximum atomic E-state index is 13.5. The van der Waals surface area contributed by atoms with Crippen LogP contribution in [0.3, 0.4) is 0 Å². The van der Waals surface area contributed by atoms with E-state index < -0.39 is 76.9 Å². The van der Waals surface area contributed by atoms with Gasteiger partial charge >= 0.3 is 0 Å². The van der Waals surface area contributed by atoms with Crippen LogP contribution in [-0.2, 0) is 122 Å². The predicted octanol–water partition coefficient (Wildman–Crippen LogP) is 4.95. The number of aryl methyl sites for hydroxylation is 7. The van der Waals surface area contributed by atoms with Crippen molar-refractivity contribution in [1.29, 1.82) is 0 Å². The number of nitrogens with zero attached hydrogens (tertiary/aromatic N) is 5. The third-order valence-corrected chi connectivity index (χ3v) is 24.9. The lowest BCUT2D eigenvalue weighted by Crippen LogP contribution is -2.51. The lowest BCUT2D eigenvalue weighted by molar-refractivity contribution is -0.384. The highest BCUT2D eigenvalue weighted by Crippen LogP contribution is 2.28. The van der Waals surface area contributed by atoms with E-state index in [2.05, 4.69) is 47.2 Å². The number of halogens is 2. The molecule has 8 aromatic rings. The van der Waals surface area contributed by atoms with Gasteiger partial charge in [0.2, 0.25) is 47.3 Å². The molecule has 0 spiro atoms. The Hall–Kier alpha value is -12.5. The lowest BCUT2D eigenvalue weighted by atomic mass is 9.92. The van der Waals surface area contributed by atoms with Crippen LogP contribution >= 0.6 is 23.2 Å². The number of hydrogen-bond donors (Lipinski definition) is 16. The zero-order chi connectivity index (χ0) is 107. The molecule has 794 valence electrons. The molecule has 0 unspecified atom stereocenters. The molecular weight excluding hydrogens is 1900 g/mol. The number of rotatable bonds is 62. The van der Waals surface area contributed by atoms with E-state index in [0.717, 1.165) is 70.2 Å². The second-order valence-corrected chi connectivity index (χ2v) is 36.3. The number of carbonyl (C=O) groups excluding carboxylic acids is 12. The first-order valence-electron chi connectivity index (χ1n) is 49.7. The van der Waals surface area contributed by atoms with Crippen LogP contribution in [0.1, 0.15) is 139 Å². The predicted molar refractivity (Wildman–Crippen MR) is 572 cm³/mol. The Bertz CT molecular complexity index is 5330. The number of carbonyl (C=O) groups is 12. The van der Waals surface area contributed by atoms with Crippen LogP contribution in [0.2, 0.25) is 10.0 Å². The van der Waals surface area contributed by atoms with Gasteiger partial charge in [-0.15, -0.1) is 0 Å². The van der Waals surface area contributed by atoms with E-state index in [-0.39, 0.29) is 141 Å². The summed E-state index contributed by atoms with van der Waals surface area (Å²) < 4.78 is 5.17. The number of ether oxygens (including phenoxy) is 1. The first kappa shape index (κ1) is 124. The Morgan fingerprint density at radius 1 is 0.349 bits per heavy atom. The zero-order valence-electron chi connectivity index (χ0n) is 84.7. The minimum Gasteiger partial charge on any atom is -0.495 e. The van der Waals surface area contributed by atoms with Gasteiger partial charge in [-0.05, 0) is 151 Å². The second kappa shape index (κ2) is 69.6. The molecule has 38 heteroatoms. The molecule has 0 radical (unpaired) electrons. The van der Waals surface area contributed by atoms with E-state index in [9.17, 15) is 67.6 Å². The summed E-state index contributed by atoms with van der Waals surface area (Å²) in [5.41, 5.74) is 79.1. The number of nitrogens with two attached hydrogens (primary N) is 12. The number of amides is 8. The van der Waals surface area contributed by atoms with Crippen molar-refractivity contribution in [2.45, 2.75) is 198 Å². The minimum absolute atomic E-state index is 0.0679. The molecule has 0 aliphatic rings. The molecule has 0 bridgehead atoms. The van der Waals surface area contributed by atoms with Crippen LogP contribution in [0.15, 0.2) is 200 Å². The van der Waals surface area contributed by atoms with Gasteiger partial charge < -0.3 is 114 Å². The van der Waals surface area contributed by atoms with Gasteiger partial charge in [-0.2, -0.15) is 0 Å². The molecule has 8 amide bonds. The van der Waals surface area contributed by atoms with Gasteiger partial charge in [0.25, 0.3) is 5.69 Å². The number of ketones is 4. The number of Topliss-reactive ketones (excluding diaryl/α,β-unsaturated/α-hetero) is 4. The van der Waals surface area contributed by atoms with Gasteiger partial charge in [-0.1, -0.05) is 219 Å². The average molecular weight is 2060 g/mol. The van der Waals surface area contributed by atoms with E-state index in [1.165, 1.54) is 50.5 Å². The molecule has 0 saturated carbocycles. The van der Waals surface area contributed by atoms with Crippen LogP contribution in [0.4, 0.5) is 5.69 Å². The van der Waals surface area contributed by atoms with E-state index in [4.69, 9.17) is 96.7 Å². The Morgan fingerprint density at radius 3 is 0.945 bits per heavy atom. The summed E-state index contributed by atoms with van der Waals surface area (Å²) in [5.74, 6) is -3.66. The van der Waals surface area contributed by atoms with Gasteiger partial charge in [0, 0.05) is 143 Å². The first-order chi connectivity index (χ1) is 70.1. The van der Waals surface area contributed by atoms with Crippen LogP contribution < -0.4 is 94.8 Å². The number of hydrogen-bond acceptors (Lipinski definition) is 27. The molecule has 0 saturated heterocycles. The number of nitrogens with one attached hydrogen (secondary N) is 4. The van der Waals surface area contributed by atoms with Crippen molar-refractivity contribution in [2.75, 3.05) is 112 Å². The topological polar surface area (TPSA) is 631 Å². The highest BCUT2D eigenvalue weighted by molar-refractivity contribution is 6.32. The van der Waals surface area contributed by atoms with Crippen molar-refractivity contribution in [3.8, 4) is 5.75 Å². The average Bonchev–Trinajstić information content (AvgIpc) is 0.832. The van der Waals surface area contributed by atoms with Crippen molar-refractivity contribution in [1.82, 2.24) is 40.9 Å². The highest BCUT2D eigenvalue weighted by atomic mass is 35.5. The van der Waals surface area contributed by atoms with Crippen molar-refractivity contribution in [3.05, 3.63) is 282 Å². The third kappa shape index (κ3) is 45.6. The van der Waals surface area contributed by atoms with Crippen LogP contribution in [-0.4, -0.2) is 255 Å². The summed E-state index contributed by atoms with van der Waals surface area (Å²) in [4.78, 5) is 171. The maximum absolute atomic E-state index is 13.5. The Balaban J connectivity index is 0.000000342. The molecule has 0 aliphatic heterocycles. The van der Waals surface area contributed by atoms with Gasteiger partial charge in [-0.3, -0.25) is 67.6 Å². The number of benzene rings is 8. The molecule has 8 atom stereocenters. The minimum atomic E-state index is -1.18. The maximum Gasteiger partial charge on any atom is 0.270 e.